The highest BCUT2D eigenvalue weighted by molar-refractivity contribution is 7.23. The fraction of sp³-hybridized carbons (Fsp3) is 1.00. The van der Waals surface area contributed by atoms with Crippen LogP contribution in [0.25, 0.3) is 0 Å². The quantitative estimate of drug-likeness (QED) is 0.0616. The van der Waals surface area contributed by atoms with Crippen molar-refractivity contribution >= 4 is 8.46 Å². The van der Waals surface area contributed by atoms with Crippen molar-refractivity contribution in [2.75, 3.05) is 6.16 Å². The lowest BCUT2D eigenvalue weighted by molar-refractivity contribution is 0.512. The molecule has 0 aliphatic rings. The molecule has 0 saturated carbocycles. The first-order chi connectivity index (χ1) is 17.9. The number of unbranched alkanes of at least 4 members (excludes halogenated alkanes) is 31. The van der Waals surface area contributed by atoms with Gasteiger partial charge in [0.05, 0.1) is 0 Å². The lowest BCUT2D eigenvalue weighted by Crippen LogP contribution is -1.85. The summed E-state index contributed by atoms with van der Waals surface area (Å²) in [5.41, 5.74) is 0. The third-order valence-electron chi connectivity index (χ3n) is 8.10. The van der Waals surface area contributed by atoms with E-state index in [1.54, 1.807) is 0 Å². The molecule has 2 heteroatoms. The monoisotopic (exact) mass is 525 g/mol. The smallest absolute Gasteiger partial charge is 0.155 e. The van der Waals surface area contributed by atoms with E-state index in [0.717, 1.165) is 12.6 Å². The summed E-state index contributed by atoms with van der Waals surface area (Å²) in [4.78, 5) is 0. The van der Waals surface area contributed by atoms with E-state index in [0.29, 0.717) is 8.46 Å². The lowest BCUT2D eigenvalue weighted by atomic mass is 10.0. The van der Waals surface area contributed by atoms with Gasteiger partial charge in [-0.15, -0.1) is 0 Å². The first-order valence-corrected chi connectivity index (χ1v) is 18.2. The second-order valence-corrected chi connectivity index (χ2v) is 12.5. The Balaban J connectivity index is 3.00. The van der Waals surface area contributed by atoms with Gasteiger partial charge in [-0.2, -0.15) is 0 Å². The normalized spacial score (nSPS) is 11.6. The Bertz CT molecular complexity index is 383. The van der Waals surface area contributed by atoms with E-state index in [1.807, 2.05) is 0 Å². The minimum Gasteiger partial charge on any atom is -0.275 e. The molecule has 0 N–H and O–H groups in total. The van der Waals surface area contributed by atoms with Crippen LogP contribution in [-0.4, -0.2) is 6.16 Å². The first-order valence-electron chi connectivity index (χ1n) is 17.2. The molecule has 0 amide bonds. The third-order valence-corrected chi connectivity index (χ3v) is 8.60. The van der Waals surface area contributed by atoms with Crippen LogP contribution >= 0.6 is 8.46 Å². The standard InChI is InChI=1S/C34H69OP/c1-2-3-4-5-6-7-8-9-10-11-12-13-14-15-16-17-18-19-20-21-22-23-24-25-26-27-28-29-30-31-32-33-34-36-35/h2-34H2,1H3. The first kappa shape index (κ1) is 36.1. The molecule has 0 aliphatic heterocycles. The Morgan fingerprint density at radius 2 is 0.444 bits per heavy atom. The van der Waals surface area contributed by atoms with Gasteiger partial charge in [-0.1, -0.05) is 206 Å². The average molecular weight is 525 g/mol. The van der Waals surface area contributed by atoms with Crippen molar-refractivity contribution in [3.8, 4) is 0 Å². The summed E-state index contributed by atoms with van der Waals surface area (Å²) in [7, 11) is 0.332. The highest BCUT2D eigenvalue weighted by Crippen LogP contribution is 2.16. The Labute approximate surface area is 231 Å². The zero-order valence-electron chi connectivity index (χ0n) is 25.2. The van der Waals surface area contributed by atoms with Gasteiger partial charge in [-0.25, -0.2) is 0 Å². The molecule has 0 heterocycles. The summed E-state index contributed by atoms with van der Waals surface area (Å²) in [5.74, 6) is 0. The van der Waals surface area contributed by atoms with E-state index >= 15 is 0 Å². The number of rotatable bonds is 33. The second-order valence-electron chi connectivity index (χ2n) is 11.8. The lowest BCUT2D eigenvalue weighted by Gasteiger charge is -2.04. The van der Waals surface area contributed by atoms with Crippen molar-refractivity contribution in [2.24, 2.45) is 0 Å². The van der Waals surface area contributed by atoms with Crippen LogP contribution < -0.4 is 0 Å². The van der Waals surface area contributed by atoms with Crippen molar-refractivity contribution in [1.82, 2.24) is 0 Å². The van der Waals surface area contributed by atoms with E-state index in [-0.39, 0.29) is 0 Å². The summed E-state index contributed by atoms with van der Waals surface area (Å²) in [6.45, 7) is 2.30. The maximum Gasteiger partial charge on any atom is 0.155 e. The van der Waals surface area contributed by atoms with Gasteiger partial charge < -0.3 is 0 Å². The molecule has 0 aromatic carbocycles. The number of hydrogen-bond donors (Lipinski definition) is 0. The zero-order chi connectivity index (χ0) is 26.0. The summed E-state index contributed by atoms with van der Waals surface area (Å²) in [5, 5.41) is 0. The minimum atomic E-state index is 0.332. The van der Waals surface area contributed by atoms with E-state index in [2.05, 4.69) is 6.92 Å². The summed E-state index contributed by atoms with van der Waals surface area (Å²) >= 11 is 0. The van der Waals surface area contributed by atoms with Crippen molar-refractivity contribution in [2.45, 2.75) is 212 Å². The average Bonchev–Trinajstić information content (AvgIpc) is 2.89. The Morgan fingerprint density at radius 3 is 0.611 bits per heavy atom. The molecule has 0 spiro atoms. The van der Waals surface area contributed by atoms with Crippen molar-refractivity contribution in [3.63, 3.8) is 0 Å². The van der Waals surface area contributed by atoms with E-state index < -0.39 is 0 Å². The highest BCUT2D eigenvalue weighted by atomic mass is 31.1. The predicted molar refractivity (Wildman–Crippen MR) is 166 cm³/mol. The van der Waals surface area contributed by atoms with Crippen LogP contribution in [0.3, 0.4) is 0 Å². The molecule has 0 rings (SSSR count). The molecule has 0 aliphatic carbocycles. The molecule has 0 aromatic rings. The van der Waals surface area contributed by atoms with Crippen LogP contribution in [0.15, 0.2) is 0 Å². The van der Waals surface area contributed by atoms with Crippen LogP contribution in [0.4, 0.5) is 0 Å². The Hall–Kier alpha value is 0.100. The maximum absolute atomic E-state index is 10.4. The summed E-state index contributed by atoms with van der Waals surface area (Å²) < 4.78 is 10.4. The molecule has 0 atom stereocenters. The van der Waals surface area contributed by atoms with Crippen molar-refractivity contribution in [3.05, 3.63) is 0 Å². The van der Waals surface area contributed by atoms with Gasteiger partial charge in [-0.3, -0.25) is 4.57 Å². The van der Waals surface area contributed by atoms with Crippen molar-refractivity contribution in [1.29, 1.82) is 0 Å². The molecule has 0 unspecified atom stereocenters. The Morgan fingerprint density at radius 1 is 0.278 bits per heavy atom. The third kappa shape index (κ3) is 34.1. The van der Waals surface area contributed by atoms with E-state index in [9.17, 15) is 4.57 Å². The van der Waals surface area contributed by atoms with Crippen molar-refractivity contribution < 1.29 is 4.57 Å². The SMILES string of the molecule is CCCCCCCCCCCCCCCCCCCCCCCCCCCCCCCCCCP=O. The van der Waals surface area contributed by atoms with E-state index in [1.165, 1.54) is 199 Å². The topological polar surface area (TPSA) is 17.1 Å². The van der Waals surface area contributed by atoms with Gasteiger partial charge >= 0.3 is 0 Å². The van der Waals surface area contributed by atoms with Crippen LogP contribution in [0, 0.1) is 0 Å². The predicted octanol–water partition coefficient (Wildman–Crippen LogP) is 13.8. The van der Waals surface area contributed by atoms with Gasteiger partial charge in [0.25, 0.3) is 0 Å². The van der Waals surface area contributed by atoms with Gasteiger partial charge in [0.1, 0.15) is 0 Å². The number of hydrogen-bond acceptors (Lipinski definition) is 1. The molecule has 0 fully saturated rings. The molecule has 36 heavy (non-hydrogen) atoms. The van der Waals surface area contributed by atoms with Gasteiger partial charge in [0.2, 0.25) is 0 Å². The summed E-state index contributed by atoms with van der Waals surface area (Å²) in [6.07, 6.45) is 47.1. The van der Waals surface area contributed by atoms with E-state index in [4.69, 9.17) is 0 Å². The minimum absolute atomic E-state index is 0.332. The molecule has 1 nitrogen and oxygen atoms in total. The van der Waals surface area contributed by atoms with Crippen LogP contribution in [-0.2, 0) is 4.57 Å². The molecule has 0 radical (unpaired) electrons. The fourth-order valence-corrected chi connectivity index (χ4v) is 5.91. The molecule has 0 saturated heterocycles. The molecule has 216 valence electrons. The molecule has 0 aromatic heterocycles. The fourth-order valence-electron chi connectivity index (χ4n) is 5.55. The Kier molecular flexibility index (Phi) is 35.2. The van der Waals surface area contributed by atoms with Crippen LogP contribution in [0.1, 0.15) is 212 Å². The largest absolute Gasteiger partial charge is 0.275 e. The molecule has 0 bridgehead atoms. The summed E-state index contributed by atoms with van der Waals surface area (Å²) in [6, 6.07) is 0. The zero-order valence-corrected chi connectivity index (χ0v) is 26.1. The second kappa shape index (κ2) is 35.1. The van der Waals surface area contributed by atoms with Crippen LogP contribution in [0.5, 0.6) is 0 Å². The highest BCUT2D eigenvalue weighted by Gasteiger charge is 1.97. The van der Waals surface area contributed by atoms with Gasteiger partial charge in [0.15, 0.2) is 8.46 Å². The molecular weight excluding hydrogens is 455 g/mol. The van der Waals surface area contributed by atoms with Gasteiger partial charge in [-0.05, 0) is 6.42 Å². The maximum atomic E-state index is 10.4. The van der Waals surface area contributed by atoms with Gasteiger partial charge in [0, 0.05) is 6.16 Å². The molecular formula is C34H69OP. The van der Waals surface area contributed by atoms with Crippen LogP contribution in [0.2, 0.25) is 0 Å².